The van der Waals surface area contributed by atoms with Gasteiger partial charge in [-0.15, -0.1) is 0 Å². The third kappa shape index (κ3) is 5.52. The van der Waals surface area contributed by atoms with Crippen LogP contribution in [0.5, 0.6) is 0 Å². The topological polar surface area (TPSA) is 85.0 Å². The maximum atomic E-state index is 12.3. The van der Waals surface area contributed by atoms with Crippen molar-refractivity contribution in [2.75, 3.05) is 0 Å². The predicted octanol–water partition coefficient (Wildman–Crippen LogP) is 6.33. The Hall–Kier alpha value is -2.78. The molecule has 158 valence electrons. The van der Waals surface area contributed by atoms with Gasteiger partial charge < -0.3 is 0 Å². The molecule has 0 aromatic heterocycles. The third-order valence-corrected chi connectivity index (χ3v) is 6.11. The van der Waals surface area contributed by atoms with E-state index in [1.807, 2.05) is 12.1 Å². The molecule has 0 aliphatic carbocycles. The maximum Gasteiger partial charge on any atom is 0.261 e. The van der Waals surface area contributed by atoms with Crippen molar-refractivity contribution in [2.24, 2.45) is 0 Å². The first kappa shape index (κ1) is 23.9. The van der Waals surface area contributed by atoms with Gasteiger partial charge in [0.2, 0.25) is 0 Å². The van der Waals surface area contributed by atoms with Crippen LogP contribution in [0.4, 0.5) is 0 Å². The van der Waals surface area contributed by atoms with E-state index in [9.17, 15) is 9.59 Å². The van der Waals surface area contributed by atoms with Gasteiger partial charge in [0.15, 0.2) is 0 Å². The second-order valence-corrected chi connectivity index (χ2v) is 9.19. The van der Waals surface area contributed by atoms with E-state index in [2.05, 4.69) is 59.9 Å². The summed E-state index contributed by atoms with van der Waals surface area (Å²) in [7, 11) is 0. The van der Waals surface area contributed by atoms with Crippen molar-refractivity contribution in [1.29, 1.82) is 10.5 Å². The number of fused-ring (bicyclic) bond motifs is 1. The van der Waals surface area contributed by atoms with Crippen LogP contribution in [0.3, 0.4) is 0 Å². The van der Waals surface area contributed by atoms with Gasteiger partial charge in [-0.05, 0) is 59.7 Å². The lowest BCUT2D eigenvalue weighted by Crippen LogP contribution is -2.29. The molecule has 0 unspecified atom stereocenters. The van der Waals surface area contributed by atoms with Gasteiger partial charge >= 0.3 is 0 Å². The number of imide groups is 1. The van der Waals surface area contributed by atoms with Gasteiger partial charge in [0.05, 0.1) is 40.9 Å². The first-order valence-corrected chi connectivity index (χ1v) is 12.0. The van der Waals surface area contributed by atoms with Crippen molar-refractivity contribution in [3.8, 4) is 12.1 Å². The quantitative estimate of drug-likeness (QED) is 0.254. The Morgan fingerprint density at radius 3 is 1.69 bits per heavy atom. The number of alkyl halides is 1. The number of hydrogen-bond acceptors (Lipinski definition) is 4. The number of nitriles is 2. The van der Waals surface area contributed by atoms with E-state index in [4.69, 9.17) is 10.5 Å². The summed E-state index contributed by atoms with van der Waals surface area (Å²) in [5.74, 6) is -0.594. The van der Waals surface area contributed by atoms with Crippen molar-refractivity contribution in [1.82, 2.24) is 4.90 Å². The Labute approximate surface area is 210 Å². The number of benzene rings is 3. The van der Waals surface area contributed by atoms with E-state index in [-0.39, 0.29) is 18.4 Å². The molecule has 4 rings (SSSR count). The highest BCUT2D eigenvalue weighted by Gasteiger charge is 2.34. The molecule has 0 spiro atoms. The number of halogens is 3. The molecule has 1 aliphatic heterocycles. The minimum absolute atomic E-state index is 0.153. The number of hydrogen-bond donors (Lipinski definition) is 0. The molecule has 0 bridgehead atoms. The monoisotopic (exact) mass is 613 g/mol. The Kier molecular flexibility index (Phi) is 7.98. The zero-order valence-electron chi connectivity index (χ0n) is 16.5. The second kappa shape index (κ2) is 10.7. The summed E-state index contributed by atoms with van der Waals surface area (Å²) < 4.78 is 1.69. The second-order valence-electron chi connectivity index (χ2n) is 6.80. The Morgan fingerprint density at radius 2 is 1.22 bits per heavy atom. The summed E-state index contributed by atoms with van der Waals surface area (Å²) in [4.78, 5) is 25.8. The highest BCUT2D eigenvalue weighted by molar-refractivity contribution is 9.10. The summed E-state index contributed by atoms with van der Waals surface area (Å²) in [5.41, 5.74) is 3.87. The van der Waals surface area contributed by atoms with Gasteiger partial charge in [0.25, 0.3) is 11.8 Å². The molecular weight excluding hydrogens is 602 g/mol. The Bertz CT molecular complexity index is 1260. The number of nitrogens with zero attached hydrogens (tertiary/aromatic N) is 3. The number of rotatable bonds is 3. The molecule has 0 radical (unpaired) electrons. The van der Waals surface area contributed by atoms with Gasteiger partial charge in [-0.3, -0.25) is 14.5 Å². The van der Waals surface area contributed by atoms with Gasteiger partial charge in [0.1, 0.15) is 0 Å². The predicted molar refractivity (Wildman–Crippen MR) is 131 cm³/mol. The van der Waals surface area contributed by atoms with Crippen molar-refractivity contribution in [2.45, 2.75) is 11.9 Å². The van der Waals surface area contributed by atoms with Crippen molar-refractivity contribution in [3.63, 3.8) is 0 Å². The van der Waals surface area contributed by atoms with Gasteiger partial charge in [-0.2, -0.15) is 10.5 Å². The highest BCUT2D eigenvalue weighted by atomic mass is 79.9. The van der Waals surface area contributed by atoms with Gasteiger partial charge in [-0.1, -0.05) is 59.9 Å². The minimum atomic E-state index is -0.297. The van der Waals surface area contributed by atoms with E-state index in [0.717, 1.165) is 25.4 Å². The lowest BCUT2D eigenvalue weighted by molar-refractivity contribution is 0.0642. The zero-order valence-corrected chi connectivity index (χ0v) is 21.2. The molecule has 0 saturated heterocycles. The molecule has 0 atom stereocenters. The van der Waals surface area contributed by atoms with E-state index in [0.29, 0.717) is 22.3 Å². The molecule has 32 heavy (non-hydrogen) atoms. The lowest BCUT2D eigenvalue weighted by atomic mass is 10.1. The molecule has 5 nitrogen and oxygen atoms in total. The van der Waals surface area contributed by atoms with Crippen molar-refractivity contribution < 1.29 is 9.59 Å². The minimum Gasteiger partial charge on any atom is -0.270 e. The summed E-state index contributed by atoms with van der Waals surface area (Å²) in [6.07, 6.45) is 0. The fourth-order valence-corrected chi connectivity index (χ4v) is 4.57. The molecule has 3 aromatic rings. The van der Waals surface area contributed by atoms with Crippen LogP contribution in [0.15, 0.2) is 69.6 Å². The molecule has 3 aromatic carbocycles. The normalized spacial score (nSPS) is 11.8. The van der Waals surface area contributed by atoms with Gasteiger partial charge in [0, 0.05) is 14.3 Å². The first-order chi connectivity index (χ1) is 15.4. The molecule has 1 aliphatic rings. The van der Waals surface area contributed by atoms with E-state index >= 15 is 0 Å². The summed E-state index contributed by atoms with van der Waals surface area (Å²) in [6, 6.07) is 21.7. The van der Waals surface area contributed by atoms with Crippen LogP contribution in [0, 0.1) is 22.7 Å². The first-order valence-electron chi connectivity index (χ1n) is 9.26. The third-order valence-electron chi connectivity index (χ3n) is 4.55. The van der Waals surface area contributed by atoms with Crippen LogP contribution < -0.4 is 0 Å². The maximum absolute atomic E-state index is 12.3. The van der Waals surface area contributed by atoms with E-state index in [1.54, 1.807) is 48.5 Å². The Balaban J connectivity index is 0.000000222. The van der Waals surface area contributed by atoms with Crippen LogP contribution in [0.2, 0.25) is 0 Å². The largest absolute Gasteiger partial charge is 0.270 e. The van der Waals surface area contributed by atoms with Crippen LogP contribution >= 0.6 is 47.8 Å². The fraction of sp³-hybridized carbons (Fsp3) is 0.0833. The number of carbonyl (C=O) groups is 2. The molecule has 0 saturated carbocycles. The average molecular weight is 616 g/mol. The smallest absolute Gasteiger partial charge is 0.261 e. The van der Waals surface area contributed by atoms with E-state index in [1.165, 1.54) is 4.90 Å². The van der Waals surface area contributed by atoms with Crippen molar-refractivity contribution >= 4 is 59.6 Å². The lowest BCUT2D eigenvalue weighted by Gasteiger charge is -2.14. The number of amides is 2. The molecule has 0 N–H and O–H groups in total. The van der Waals surface area contributed by atoms with E-state index < -0.39 is 0 Å². The van der Waals surface area contributed by atoms with Crippen LogP contribution in [-0.2, 0) is 11.9 Å². The summed E-state index contributed by atoms with van der Waals surface area (Å²) in [5, 5.41) is 18.3. The molecule has 8 heteroatoms. The average Bonchev–Trinajstić information content (AvgIpc) is 3.03. The SMILES string of the molecule is N#Cc1cc(Br)cc(CBr)c1.N#Cc1cc(Br)cc(CN2C(=O)c3ccccc3C2=O)c1. The van der Waals surface area contributed by atoms with Crippen LogP contribution in [-0.4, -0.2) is 16.7 Å². The molecule has 1 heterocycles. The molecular formula is C24H14Br3N3O2. The van der Waals surface area contributed by atoms with Crippen LogP contribution in [0.25, 0.3) is 0 Å². The standard InChI is InChI=1S/C16H9BrN2O2.C8H5Br2N/c17-12-6-10(8-18)5-11(7-12)9-19-15(20)13-3-1-2-4-14(13)16(19)21;9-4-6-1-7(5-11)3-8(10)2-6/h1-7H,9H2;1-3H,4H2. The molecule has 2 amide bonds. The fourth-order valence-electron chi connectivity index (χ4n) is 3.16. The highest BCUT2D eigenvalue weighted by Crippen LogP contribution is 2.25. The summed E-state index contributed by atoms with van der Waals surface area (Å²) in [6.45, 7) is 0.153. The van der Waals surface area contributed by atoms with Crippen molar-refractivity contribution in [3.05, 3.63) is 103 Å². The zero-order chi connectivity index (χ0) is 23.3. The summed E-state index contributed by atoms with van der Waals surface area (Å²) >= 11 is 9.97. The molecule has 0 fully saturated rings. The van der Waals surface area contributed by atoms with Crippen LogP contribution in [0.1, 0.15) is 43.0 Å². The number of carbonyl (C=O) groups excluding carboxylic acids is 2. The van der Waals surface area contributed by atoms with Gasteiger partial charge in [-0.25, -0.2) is 0 Å². The Morgan fingerprint density at radius 1 is 0.750 bits per heavy atom.